The van der Waals surface area contributed by atoms with Crippen molar-refractivity contribution in [3.8, 4) is 0 Å². The van der Waals surface area contributed by atoms with E-state index in [9.17, 15) is 22.9 Å². The Morgan fingerprint density at radius 3 is 2.48 bits per heavy atom. The van der Waals surface area contributed by atoms with Gasteiger partial charge in [-0.3, -0.25) is 10.1 Å². The predicted octanol–water partition coefficient (Wildman–Crippen LogP) is 1.34. The largest absolute Gasteiger partial charge is 0.396 e. The molecule has 1 rings (SSSR count). The Morgan fingerprint density at radius 1 is 1.43 bits per heavy atom. The van der Waals surface area contributed by atoms with Crippen molar-refractivity contribution in [2.75, 3.05) is 6.61 Å². The van der Waals surface area contributed by atoms with Crippen LogP contribution in [-0.2, 0) is 10.0 Å². The zero-order valence-corrected chi connectivity index (χ0v) is 12.6. The topological polar surface area (TPSA) is 110 Å². The van der Waals surface area contributed by atoms with Crippen LogP contribution in [0.2, 0.25) is 0 Å². The van der Waals surface area contributed by atoms with Crippen molar-refractivity contribution in [3.63, 3.8) is 0 Å². The van der Waals surface area contributed by atoms with E-state index in [-0.39, 0.29) is 23.0 Å². The number of aliphatic hydroxyl groups excluding tert-OH is 1. The summed E-state index contributed by atoms with van der Waals surface area (Å²) in [6.45, 7) is 4.34. The molecule has 2 atom stereocenters. The molecule has 0 amide bonds. The average molecular weight is 320 g/mol. The van der Waals surface area contributed by atoms with Gasteiger partial charge in [-0.2, -0.15) is 4.39 Å². The Balaban J connectivity index is 3.26. The first-order valence-electron chi connectivity index (χ1n) is 6.18. The maximum Gasteiger partial charge on any atom is 0.306 e. The zero-order chi connectivity index (χ0) is 16.4. The van der Waals surface area contributed by atoms with Crippen molar-refractivity contribution in [1.82, 2.24) is 4.72 Å². The molecule has 0 aliphatic heterocycles. The number of halogens is 1. The minimum atomic E-state index is -4.05. The lowest BCUT2D eigenvalue weighted by Crippen LogP contribution is -2.38. The molecular weight excluding hydrogens is 303 g/mol. The number of nitro benzene ring substituents is 1. The highest BCUT2D eigenvalue weighted by molar-refractivity contribution is 7.89. The molecule has 1 aromatic rings. The van der Waals surface area contributed by atoms with Gasteiger partial charge in [0, 0.05) is 18.7 Å². The summed E-state index contributed by atoms with van der Waals surface area (Å²) in [5.74, 6) is -1.43. The fraction of sp³-hybridized carbons (Fsp3) is 0.500. The molecule has 0 spiro atoms. The normalized spacial score (nSPS) is 14.7. The molecule has 0 saturated heterocycles. The Morgan fingerprint density at radius 2 is 2.00 bits per heavy atom. The molecule has 1 aromatic carbocycles. The van der Waals surface area contributed by atoms with E-state index < -0.39 is 32.5 Å². The van der Waals surface area contributed by atoms with Gasteiger partial charge in [-0.1, -0.05) is 6.92 Å². The molecule has 0 aliphatic carbocycles. The lowest BCUT2D eigenvalue weighted by atomic mass is 10.1. The highest BCUT2D eigenvalue weighted by Crippen LogP contribution is 2.25. The molecule has 0 radical (unpaired) electrons. The molecule has 118 valence electrons. The number of hydrogen-bond acceptors (Lipinski definition) is 5. The number of nitrogens with one attached hydrogen (secondary N) is 1. The van der Waals surface area contributed by atoms with Crippen molar-refractivity contribution in [2.45, 2.75) is 31.7 Å². The van der Waals surface area contributed by atoms with E-state index in [2.05, 4.69) is 4.72 Å². The van der Waals surface area contributed by atoms with Crippen LogP contribution in [0.4, 0.5) is 10.1 Å². The van der Waals surface area contributed by atoms with E-state index in [0.29, 0.717) is 6.07 Å². The first kappa shape index (κ1) is 17.5. The molecule has 2 N–H and O–H groups in total. The second kappa shape index (κ2) is 6.46. The summed E-state index contributed by atoms with van der Waals surface area (Å²) < 4.78 is 40.2. The lowest BCUT2D eigenvalue weighted by molar-refractivity contribution is -0.387. The van der Waals surface area contributed by atoms with Gasteiger partial charge >= 0.3 is 5.69 Å². The summed E-state index contributed by atoms with van der Waals surface area (Å²) in [5, 5.41) is 19.7. The van der Waals surface area contributed by atoms with Crippen LogP contribution < -0.4 is 4.72 Å². The van der Waals surface area contributed by atoms with Crippen molar-refractivity contribution < 1.29 is 22.8 Å². The third kappa shape index (κ3) is 3.96. The van der Waals surface area contributed by atoms with Crippen molar-refractivity contribution in [1.29, 1.82) is 0 Å². The van der Waals surface area contributed by atoms with Crippen LogP contribution in [-0.4, -0.2) is 31.1 Å². The summed E-state index contributed by atoms with van der Waals surface area (Å²) in [7, 11) is -4.05. The van der Waals surface area contributed by atoms with Crippen LogP contribution in [0.25, 0.3) is 0 Å². The average Bonchev–Trinajstić information content (AvgIpc) is 2.36. The first-order valence-corrected chi connectivity index (χ1v) is 7.66. The van der Waals surface area contributed by atoms with Gasteiger partial charge in [-0.25, -0.2) is 13.1 Å². The molecule has 0 bridgehead atoms. The van der Waals surface area contributed by atoms with Gasteiger partial charge in [-0.15, -0.1) is 0 Å². The Labute approximate surface area is 122 Å². The van der Waals surface area contributed by atoms with Gasteiger partial charge in [0.1, 0.15) is 0 Å². The van der Waals surface area contributed by atoms with Gasteiger partial charge in [0.15, 0.2) is 0 Å². The molecule has 0 fully saturated rings. The monoisotopic (exact) mass is 320 g/mol. The number of aliphatic hydroxyl groups is 1. The lowest BCUT2D eigenvalue weighted by Gasteiger charge is -2.19. The Kier molecular flexibility index (Phi) is 5.37. The Hall–Kier alpha value is -1.58. The molecular formula is C12H17FN2O5S. The molecule has 0 saturated carbocycles. The van der Waals surface area contributed by atoms with Gasteiger partial charge in [0.25, 0.3) is 0 Å². The van der Waals surface area contributed by atoms with E-state index in [1.165, 1.54) is 6.92 Å². The second-order valence-electron chi connectivity index (χ2n) is 4.90. The maximum absolute atomic E-state index is 13.4. The Bertz CT molecular complexity index is 647. The van der Waals surface area contributed by atoms with Crippen molar-refractivity contribution in [2.24, 2.45) is 5.92 Å². The number of benzene rings is 1. The number of rotatable bonds is 6. The van der Waals surface area contributed by atoms with Crippen LogP contribution in [0, 0.1) is 28.8 Å². The highest BCUT2D eigenvalue weighted by atomic mass is 32.2. The predicted molar refractivity (Wildman–Crippen MR) is 73.8 cm³/mol. The summed E-state index contributed by atoms with van der Waals surface area (Å²) >= 11 is 0. The fourth-order valence-corrected chi connectivity index (χ4v) is 3.25. The SMILES string of the molecule is Cc1cc(F)c([N+](=O)[O-])cc1S(=O)(=O)NC(C)C(C)CO. The number of nitrogens with zero attached hydrogens (tertiary/aromatic N) is 1. The van der Waals surface area contributed by atoms with Crippen LogP contribution in [0.1, 0.15) is 19.4 Å². The van der Waals surface area contributed by atoms with Crippen LogP contribution in [0.5, 0.6) is 0 Å². The molecule has 2 unspecified atom stereocenters. The van der Waals surface area contributed by atoms with Gasteiger partial charge in [-0.05, 0) is 31.4 Å². The standard InChI is InChI=1S/C12H17FN2O5S/c1-7-4-10(13)11(15(17)18)5-12(7)21(19,20)14-9(3)8(2)6-16/h4-5,8-9,14,16H,6H2,1-3H3. The quantitative estimate of drug-likeness (QED) is 0.607. The zero-order valence-electron chi connectivity index (χ0n) is 11.8. The van der Waals surface area contributed by atoms with Gasteiger partial charge in [0.2, 0.25) is 15.8 Å². The fourth-order valence-electron chi connectivity index (χ4n) is 1.65. The third-order valence-corrected chi connectivity index (χ3v) is 4.91. The van der Waals surface area contributed by atoms with Crippen molar-refractivity contribution in [3.05, 3.63) is 33.6 Å². The van der Waals surface area contributed by atoms with Gasteiger partial charge in [0.05, 0.1) is 9.82 Å². The summed E-state index contributed by atoms with van der Waals surface area (Å²) in [4.78, 5) is 9.37. The van der Waals surface area contributed by atoms with E-state index in [0.717, 1.165) is 6.07 Å². The van der Waals surface area contributed by atoms with Crippen LogP contribution >= 0.6 is 0 Å². The second-order valence-corrected chi connectivity index (χ2v) is 6.58. The third-order valence-electron chi connectivity index (χ3n) is 3.21. The molecule has 0 aliphatic rings. The molecule has 0 aromatic heterocycles. The molecule has 9 heteroatoms. The summed E-state index contributed by atoms with van der Waals surface area (Å²) in [6, 6.07) is 0.930. The number of sulfonamides is 1. The van der Waals surface area contributed by atoms with E-state index >= 15 is 0 Å². The van der Waals surface area contributed by atoms with Crippen molar-refractivity contribution >= 4 is 15.7 Å². The highest BCUT2D eigenvalue weighted by Gasteiger charge is 2.26. The molecule has 0 heterocycles. The van der Waals surface area contributed by atoms with E-state index in [1.807, 2.05) is 0 Å². The number of aryl methyl sites for hydroxylation is 1. The van der Waals surface area contributed by atoms with Crippen LogP contribution in [0.15, 0.2) is 17.0 Å². The minimum absolute atomic E-state index is 0.0643. The number of nitro groups is 1. The minimum Gasteiger partial charge on any atom is -0.396 e. The summed E-state index contributed by atoms with van der Waals surface area (Å²) in [5.41, 5.74) is -0.835. The van der Waals surface area contributed by atoms with Crippen LogP contribution in [0.3, 0.4) is 0 Å². The van der Waals surface area contributed by atoms with E-state index in [1.54, 1.807) is 13.8 Å². The summed E-state index contributed by atoms with van der Waals surface area (Å²) in [6.07, 6.45) is 0. The maximum atomic E-state index is 13.4. The first-order chi connectivity index (χ1) is 9.60. The van der Waals surface area contributed by atoms with E-state index in [4.69, 9.17) is 5.11 Å². The molecule has 7 nitrogen and oxygen atoms in total. The number of hydrogen-bond donors (Lipinski definition) is 2. The molecule has 21 heavy (non-hydrogen) atoms. The van der Waals surface area contributed by atoms with Gasteiger partial charge < -0.3 is 5.11 Å². The smallest absolute Gasteiger partial charge is 0.306 e.